The van der Waals surface area contributed by atoms with E-state index >= 15 is 0 Å². The van der Waals surface area contributed by atoms with E-state index in [0.717, 1.165) is 5.56 Å². The van der Waals surface area contributed by atoms with Crippen LogP contribution in [0.5, 0.6) is 0 Å². The predicted molar refractivity (Wildman–Crippen MR) is 178 cm³/mol. The van der Waals surface area contributed by atoms with E-state index in [1.165, 1.54) is 0 Å². The molecule has 3 aromatic carbocycles. The van der Waals surface area contributed by atoms with Crippen LogP contribution in [0, 0.1) is 5.92 Å². The molecule has 1 saturated carbocycles. The van der Waals surface area contributed by atoms with E-state index in [1.807, 2.05) is 53.4 Å². The number of ether oxygens (including phenoxy) is 1. The summed E-state index contributed by atoms with van der Waals surface area (Å²) in [5, 5.41) is 6.83. The SMILES string of the molecule is CCOC(=O)CCNC(=O)[C@H]1CC[C@@H](N2C(=O)c3ccccc3[C@@H](C(=O)NCCc3ccccc3)[C@@H]2c2ccc(Cl)cc2Cl)CC1. The topological polar surface area (TPSA) is 105 Å². The van der Waals surface area contributed by atoms with Gasteiger partial charge >= 0.3 is 5.97 Å². The zero-order valence-electron chi connectivity index (χ0n) is 25.8. The van der Waals surface area contributed by atoms with Gasteiger partial charge in [0, 0.05) is 40.7 Å². The van der Waals surface area contributed by atoms with E-state index in [2.05, 4.69) is 10.6 Å². The first kappa shape index (κ1) is 33.5. The monoisotopic (exact) mass is 663 g/mol. The highest BCUT2D eigenvalue weighted by atomic mass is 35.5. The third-order valence-electron chi connectivity index (χ3n) is 8.89. The van der Waals surface area contributed by atoms with E-state index < -0.39 is 12.0 Å². The highest BCUT2D eigenvalue weighted by Gasteiger charge is 2.48. The number of halogens is 2. The van der Waals surface area contributed by atoms with Gasteiger partial charge in [-0.05, 0) is 73.9 Å². The molecule has 3 amide bonds. The molecule has 1 fully saturated rings. The Bertz CT molecular complexity index is 1560. The average molecular weight is 665 g/mol. The van der Waals surface area contributed by atoms with Crippen molar-refractivity contribution in [1.29, 1.82) is 0 Å². The maximum atomic E-state index is 14.3. The van der Waals surface area contributed by atoms with E-state index in [0.29, 0.717) is 72.0 Å². The van der Waals surface area contributed by atoms with Crippen LogP contribution in [0.1, 0.15) is 78.0 Å². The summed E-state index contributed by atoms with van der Waals surface area (Å²) in [7, 11) is 0. The number of amides is 3. The minimum Gasteiger partial charge on any atom is -0.466 e. The van der Waals surface area contributed by atoms with Gasteiger partial charge in [0.05, 0.1) is 25.0 Å². The van der Waals surface area contributed by atoms with Crippen LogP contribution in [0.4, 0.5) is 0 Å². The van der Waals surface area contributed by atoms with Crippen molar-refractivity contribution in [2.24, 2.45) is 5.92 Å². The van der Waals surface area contributed by atoms with Crippen molar-refractivity contribution in [3.63, 3.8) is 0 Å². The average Bonchev–Trinajstić information content (AvgIpc) is 3.05. The molecule has 0 bridgehead atoms. The predicted octanol–water partition coefficient (Wildman–Crippen LogP) is 6.26. The van der Waals surface area contributed by atoms with Crippen LogP contribution in [0.2, 0.25) is 10.0 Å². The first-order valence-electron chi connectivity index (χ1n) is 15.9. The molecular weight excluding hydrogens is 625 g/mol. The second kappa shape index (κ2) is 15.6. The lowest BCUT2D eigenvalue weighted by Gasteiger charge is -2.47. The first-order chi connectivity index (χ1) is 22.3. The van der Waals surface area contributed by atoms with Crippen LogP contribution in [0.25, 0.3) is 0 Å². The highest BCUT2D eigenvalue weighted by molar-refractivity contribution is 6.35. The lowest BCUT2D eigenvalue weighted by Crippen LogP contribution is -2.53. The summed E-state index contributed by atoms with van der Waals surface area (Å²) in [6.45, 7) is 2.70. The number of hydrogen-bond acceptors (Lipinski definition) is 5. The fraction of sp³-hybridized carbons (Fsp3) is 0.389. The molecular formula is C36H39Cl2N3O5. The van der Waals surface area contributed by atoms with Crippen molar-refractivity contribution in [1.82, 2.24) is 15.5 Å². The van der Waals surface area contributed by atoms with Crippen LogP contribution >= 0.6 is 23.2 Å². The van der Waals surface area contributed by atoms with Gasteiger partial charge in [0.1, 0.15) is 0 Å². The number of hydrogen-bond donors (Lipinski definition) is 2. The van der Waals surface area contributed by atoms with Crippen LogP contribution in [-0.2, 0) is 25.5 Å². The molecule has 0 saturated heterocycles. The van der Waals surface area contributed by atoms with Gasteiger partial charge < -0.3 is 20.3 Å². The van der Waals surface area contributed by atoms with Gasteiger partial charge in [0.25, 0.3) is 5.91 Å². The van der Waals surface area contributed by atoms with Crippen molar-refractivity contribution in [3.8, 4) is 0 Å². The first-order valence-corrected chi connectivity index (χ1v) is 16.7. The molecule has 5 rings (SSSR count). The smallest absolute Gasteiger partial charge is 0.307 e. The summed E-state index contributed by atoms with van der Waals surface area (Å²) in [4.78, 5) is 54.9. The second-order valence-corrected chi connectivity index (χ2v) is 12.6. The molecule has 2 atom stereocenters. The Morgan fingerprint density at radius 3 is 2.26 bits per heavy atom. The minimum atomic E-state index is -0.716. The van der Waals surface area contributed by atoms with Gasteiger partial charge in [-0.15, -0.1) is 0 Å². The van der Waals surface area contributed by atoms with Crippen LogP contribution in [-0.4, -0.2) is 54.3 Å². The van der Waals surface area contributed by atoms with E-state index in [-0.39, 0.29) is 48.6 Å². The summed E-state index contributed by atoms with van der Waals surface area (Å²) in [6, 6.07) is 21.5. The molecule has 46 heavy (non-hydrogen) atoms. The fourth-order valence-corrected chi connectivity index (χ4v) is 7.19. The number of nitrogens with zero attached hydrogens (tertiary/aromatic N) is 1. The molecule has 1 heterocycles. The third kappa shape index (κ3) is 7.73. The summed E-state index contributed by atoms with van der Waals surface area (Å²) >= 11 is 13.1. The van der Waals surface area contributed by atoms with Crippen molar-refractivity contribution >= 4 is 46.9 Å². The van der Waals surface area contributed by atoms with Gasteiger partial charge in [-0.2, -0.15) is 0 Å². The largest absolute Gasteiger partial charge is 0.466 e. The lowest BCUT2D eigenvalue weighted by molar-refractivity contribution is -0.143. The molecule has 8 nitrogen and oxygen atoms in total. The Kier molecular flexibility index (Phi) is 11.4. The zero-order valence-corrected chi connectivity index (χ0v) is 27.4. The number of esters is 1. The van der Waals surface area contributed by atoms with Crippen molar-refractivity contribution < 1.29 is 23.9 Å². The summed E-state index contributed by atoms with van der Waals surface area (Å²) in [6.07, 6.45) is 3.07. The van der Waals surface area contributed by atoms with Gasteiger partial charge in [-0.1, -0.05) is 77.8 Å². The minimum absolute atomic E-state index is 0.106. The number of rotatable bonds is 11. The highest BCUT2D eigenvalue weighted by Crippen LogP contribution is 2.48. The number of carbonyl (C=O) groups excluding carboxylic acids is 4. The van der Waals surface area contributed by atoms with E-state index in [9.17, 15) is 19.2 Å². The van der Waals surface area contributed by atoms with E-state index in [1.54, 1.807) is 31.2 Å². The number of fused-ring (bicyclic) bond motifs is 1. The number of benzene rings is 3. The molecule has 0 spiro atoms. The third-order valence-corrected chi connectivity index (χ3v) is 9.45. The normalized spacial score (nSPS) is 20.8. The molecule has 0 radical (unpaired) electrons. The fourth-order valence-electron chi connectivity index (χ4n) is 6.67. The Labute approximate surface area is 279 Å². The van der Waals surface area contributed by atoms with Gasteiger partial charge in [0.2, 0.25) is 11.8 Å². The van der Waals surface area contributed by atoms with Crippen LogP contribution in [0.15, 0.2) is 72.8 Å². The second-order valence-electron chi connectivity index (χ2n) is 11.8. The van der Waals surface area contributed by atoms with Crippen molar-refractivity contribution in [2.75, 3.05) is 19.7 Å². The van der Waals surface area contributed by atoms with Gasteiger partial charge in [-0.3, -0.25) is 19.2 Å². The number of nitrogens with one attached hydrogen (secondary N) is 2. The van der Waals surface area contributed by atoms with Crippen LogP contribution in [0.3, 0.4) is 0 Å². The quantitative estimate of drug-likeness (QED) is 0.236. The molecule has 0 unspecified atom stereocenters. The Balaban J connectivity index is 1.40. The van der Waals surface area contributed by atoms with Gasteiger partial charge in [0.15, 0.2) is 0 Å². The molecule has 242 valence electrons. The molecule has 1 aliphatic carbocycles. The summed E-state index contributed by atoms with van der Waals surface area (Å²) in [5.41, 5.74) is 2.91. The van der Waals surface area contributed by atoms with Crippen molar-refractivity contribution in [2.45, 2.75) is 63.5 Å². The zero-order chi connectivity index (χ0) is 32.6. The Morgan fingerprint density at radius 1 is 0.848 bits per heavy atom. The maximum Gasteiger partial charge on any atom is 0.307 e. The molecule has 3 aromatic rings. The maximum absolute atomic E-state index is 14.3. The summed E-state index contributed by atoms with van der Waals surface area (Å²) < 4.78 is 4.94. The van der Waals surface area contributed by atoms with E-state index in [4.69, 9.17) is 27.9 Å². The molecule has 2 aliphatic rings. The van der Waals surface area contributed by atoms with Crippen LogP contribution < -0.4 is 10.6 Å². The Hall–Kier alpha value is -3.88. The standard InChI is InChI=1S/C36H39Cl2N3O5/c1-2-46-31(42)19-21-39-34(43)24-12-15-26(16-13-24)41-33(29-17-14-25(37)22-30(29)38)32(27-10-6-7-11-28(27)36(41)45)35(44)40-20-18-23-8-4-3-5-9-23/h3-11,14,17,22,24,26,32-33H,2,12-13,15-16,18-21H2,1H3,(H,39,43)(H,40,44)/t24-,26+,32-,33+/m1/s1. The molecule has 10 heteroatoms. The molecule has 0 aromatic heterocycles. The molecule has 2 N–H and O–H groups in total. The van der Waals surface area contributed by atoms with Crippen molar-refractivity contribution in [3.05, 3.63) is 105 Å². The number of carbonyl (C=O) groups is 4. The summed E-state index contributed by atoms with van der Waals surface area (Å²) in [5.74, 6) is -1.76. The molecule has 1 aliphatic heterocycles. The lowest BCUT2D eigenvalue weighted by atomic mass is 9.76. The Morgan fingerprint density at radius 2 is 1.54 bits per heavy atom. The van der Waals surface area contributed by atoms with Gasteiger partial charge in [-0.25, -0.2) is 0 Å².